The highest BCUT2D eigenvalue weighted by Gasteiger charge is 2.59. The van der Waals surface area contributed by atoms with Crippen LogP contribution in [-0.4, -0.2) is 35.6 Å². The normalized spacial score (nSPS) is 25.6. The number of hydrogen-bond acceptors (Lipinski definition) is 5. The first kappa shape index (κ1) is 20.1. The summed E-state index contributed by atoms with van der Waals surface area (Å²) in [7, 11) is 0. The number of imide groups is 1. The van der Waals surface area contributed by atoms with Gasteiger partial charge >= 0.3 is 0 Å². The zero-order valence-corrected chi connectivity index (χ0v) is 17.0. The number of nitrogens with zero attached hydrogens (tertiary/aromatic N) is 2. The van der Waals surface area contributed by atoms with E-state index < -0.39 is 11.7 Å². The van der Waals surface area contributed by atoms with E-state index in [1.54, 1.807) is 30.3 Å². The molecule has 2 bridgehead atoms. The summed E-state index contributed by atoms with van der Waals surface area (Å²) in [6, 6.07) is 12.4. The monoisotopic (exact) mass is 433 g/mol. The minimum atomic E-state index is -0.456. The van der Waals surface area contributed by atoms with Crippen LogP contribution >= 0.6 is 0 Å². The number of halogens is 1. The number of fused-ring (bicyclic) bond motifs is 5. The molecule has 162 valence electrons. The predicted octanol–water partition coefficient (Wildman–Crippen LogP) is 2.98. The number of para-hydroxylation sites is 1. The van der Waals surface area contributed by atoms with Crippen molar-refractivity contribution in [2.45, 2.75) is 6.42 Å². The molecule has 4 unspecified atom stereocenters. The molecule has 0 aromatic heterocycles. The Balaban J connectivity index is 1.25. The van der Waals surface area contributed by atoms with Gasteiger partial charge in [-0.2, -0.15) is 10.1 Å². The third-order valence-corrected chi connectivity index (χ3v) is 6.15. The molecule has 1 N–H and O–H groups in total. The third-order valence-electron chi connectivity index (χ3n) is 6.15. The minimum Gasteiger partial charge on any atom is -0.483 e. The minimum absolute atomic E-state index is 0.119. The number of amides is 3. The largest absolute Gasteiger partial charge is 0.483 e. The van der Waals surface area contributed by atoms with Crippen molar-refractivity contribution in [1.29, 1.82) is 0 Å². The molecule has 1 heterocycles. The average Bonchev–Trinajstić information content (AvgIpc) is 3.46. The van der Waals surface area contributed by atoms with E-state index in [-0.39, 0.29) is 42.1 Å². The van der Waals surface area contributed by atoms with Crippen LogP contribution < -0.4 is 10.1 Å². The average molecular weight is 433 g/mol. The van der Waals surface area contributed by atoms with Gasteiger partial charge in [0.2, 0.25) is 0 Å². The number of hydrogen-bond donors (Lipinski definition) is 1. The fraction of sp³-hybridized carbons (Fsp3) is 0.250. The Morgan fingerprint density at radius 3 is 2.53 bits per heavy atom. The first-order valence-electron chi connectivity index (χ1n) is 10.4. The van der Waals surface area contributed by atoms with Gasteiger partial charge in [-0.1, -0.05) is 30.4 Å². The second-order valence-corrected chi connectivity index (χ2v) is 8.12. The Kier molecular flexibility index (Phi) is 5.05. The van der Waals surface area contributed by atoms with E-state index in [0.717, 1.165) is 11.4 Å². The summed E-state index contributed by atoms with van der Waals surface area (Å²) >= 11 is 0. The van der Waals surface area contributed by atoms with Gasteiger partial charge < -0.3 is 10.1 Å². The number of benzene rings is 2. The maximum Gasteiger partial charge on any atom is 0.262 e. The van der Waals surface area contributed by atoms with Crippen LogP contribution in [-0.2, 0) is 14.4 Å². The number of nitrogens with one attached hydrogen (secondary N) is 1. The van der Waals surface area contributed by atoms with E-state index in [0.29, 0.717) is 17.0 Å². The lowest BCUT2D eigenvalue weighted by Gasteiger charge is -2.13. The lowest BCUT2D eigenvalue weighted by molar-refractivity contribution is -0.140. The molecule has 7 nitrogen and oxygen atoms in total. The Morgan fingerprint density at radius 1 is 1.09 bits per heavy atom. The smallest absolute Gasteiger partial charge is 0.262 e. The Bertz CT molecular complexity index is 1130. The van der Waals surface area contributed by atoms with Crippen molar-refractivity contribution in [1.82, 2.24) is 5.01 Å². The molecular weight excluding hydrogens is 413 g/mol. The zero-order valence-electron chi connectivity index (χ0n) is 17.0. The summed E-state index contributed by atoms with van der Waals surface area (Å²) in [6.45, 7) is -0.303. The first-order chi connectivity index (χ1) is 15.5. The van der Waals surface area contributed by atoms with E-state index in [4.69, 9.17) is 4.74 Å². The van der Waals surface area contributed by atoms with Crippen molar-refractivity contribution in [3.63, 3.8) is 0 Å². The second kappa shape index (κ2) is 8.03. The van der Waals surface area contributed by atoms with E-state index in [1.807, 2.05) is 12.2 Å². The quantitative estimate of drug-likeness (QED) is 0.431. The molecule has 1 saturated carbocycles. The Morgan fingerprint density at radius 2 is 1.81 bits per heavy atom. The molecule has 2 aliphatic carbocycles. The SMILES string of the molecule is O=C(COc1ccccc1C=NN1C(=O)C2C3C=CC(C3)C2C1=O)Nc1cccc(F)c1. The molecule has 32 heavy (non-hydrogen) atoms. The lowest BCUT2D eigenvalue weighted by atomic mass is 9.85. The fourth-order valence-electron chi connectivity index (χ4n) is 4.75. The highest BCUT2D eigenvalue weighted by molar-refractivity contribution is 6.07. The molecule has 4 atom stereocenters. The number of allylic oxidation sites excluding steroid dienone is 2. The Hall–Kier alpha value is -3.81. The van der Waals surface area contributed by atoms with Gasteiger partial charge in [-0.05, 0) is 48.6 Å². The molecule has 2 aromatic rings. The molecule has 1 saturated heterocycles. The van der Waals surface area contributed by atoms with E-state index >= 15 is 0 Å². The van der Waals surface area contributed by atoms with Crippen molar-refractivity contribution in [3.8, 4) is 5.75 Å². The van der Waals surface area contributed by atoms with Crippen LogP contribution in [0.3, 0.4) is 0 Å². The Labute approximate surface area is 183 Å². The summed E-state index contributed by atoms with van der Waals surface area (Å²) in [5.74, 6) is -1.45. The van der Waals surface area contributed by atoms with Crippen LogP contribution in [0.15, 0.2) is 65.8 Å². The number of carbonyl (C=O) groups excluding carboxylic acids is 3. The van der Waals surface area contributed by atoms with Crippen molar-refractivity contribution in [2.24, 2.45) is 28.8 Å². The molecular formula is C24H20FN3O4. The van der Waals surface area contributed by atoms with Gasteiger partial charge in [0.15, 0.2) is 6.61 Å². The summed E-state index contributed by atoms with van der Waals surface area (Å²) in [4.78, 5) is 37.6. The number of ether oxygens (including phenoxy) is 1. The molecule has 2 fully saturated rings. The van der Waals surface area contributed by atoms with Crippen LogP contribution in [0.5, 0.6) is 5.75 Å². The molecule has 2 aromatic carbocycles. The lowest BCUT2D eigenvalue weighted by Crippen LogP contribution is -2.28. The summed E-state index contributed by atoms with van der Waals surface area (Å²) in [6.07, 6.45) is 6.31. The molecule has 3 amide bonds. The van der Waals surface area contributed by atoms with Crippen LogP contribution in [0.1, 0.15) is 12.0 Å². The summed E-state index contributed by atoms with van der Waals surface area (Å²) in [5, 5.41) is 7.68. The van der Waals surface area contributed by atoms with Crippen molar-refractivity contribution in [3.05, 3.63) is 72.1 Å². The zero-order chi connectivity index (χ0) is 22.2. The van der Waals surface area contributed by atoms with Crippen LogP contribution in [0.4, 0.5) is 10.1 Å². The van der Waals surface area contributed by atoms with Crippen LogP contribution in [0, 0.1) is 29.5 Å². The highest BCUT2D eigenvalue weighted by Crippen LogP contribution is 2.52. The molecule has 8 heteroatoms. The van der Waals surface area contributed by atoms with Crippen molar-refractivity contribution in [2.75, 3.05) is 11.9 Å². The first-order valence-corrected chi connectivity index (χ1v) is 10.4. The van der Waals surface area contributed by atoms with E-state index in [9.17, 15) is 18.8 Å². The van der Waals surface area contributed by atoms with E-state index in [2.05, 4.69) is 10.4 Å². The van der Waals surface area contributed by atoms with Crippen LogP contribution in [0.25, 0.3) is 0 Å². The van der Waals surface area contributed by atoms with Gasteiger partial charge in [-0.25, -0.2) is 4.39 Å². The molecule has 0 spiro atoms. The maximum atomic E-state index is 13.3. The van der Waals surface area contributed by atoms with Crippen molar-refractivity contribution < 1.29 is 23.5 Å². The summed E-state index contributed by atoms with van der Waals surface area (Å²) < 4.78 is 18.9. The van der Waals surface area contributed by atoms with Gasteiger partial charge in [-0.15, -0.1) is 0 Å². The van der Waals surface area contributed by atoms with Gasteiger partial charge in [0, 0.05) is 11.3 Å². The third kappa shape index (κ3) is 3.57. The second-order valence-electron chi connectivity index (χ2n) is 8.12. The number of hydrazone groups is 1. The number of carbonyl (C=O) groups is 3. The molecule has 0 radical (unpaired) electrons. The van der Waals surface area contributed by atoms with Crippen LogP contribution in [0.2, 0.25) is 0 Å². The number of rotatable bonds is 6. The summed E-state index contributed by atoms with van der Waals surface area (Å²) in [5.41, 5.74) is 0.846. The fourth-order valence-corrected chi connectivity index (χ4v) is 4.75. The standard InChI is InChI=1S/C24H20FN3O4/c25-17-5-3-6-18(11-17)27-20(29)13-32-19-7-2-1-4-16(19)12-26-28-23(30)21-14-8-9-15(10-14)22(21)24(28)31/h1-9,11-12,14-15,21-22H,10,13H2,(H,27,29). The highest BCUT2D eigenvalue weighted by atomic mass is 19.1. The molecule has 5 rings (SSSR count). The topological polar surface area (TPSA) is 88.1 Å². The van der Waals surface area contributed by atoms with Gasteiger partial charge in [-0.3, -0.25) is 14.4 Å². The predicted molar refractivity (Wildman–Crippen MR) is 114 cm³/mol. The molecule has 1 aliphatic heterocycles. The van der Waals surface area contributed by atoms with Gasteiger partial charge in [0.25, 0.3) is 17.7 Å². The number of anilines is 1. The van der Waals surface area contributed by atoms with E-state index in [1.165, 1.54) is 24.4 Å². The van der Waals surface area contributed by atoms with Gasteiger partial charge in [0.05, 0.1) is 18.1 Å². The van der Waals surface area contributed by atoms with Gasteiger partial charge in [0.1, 0.15) is 11.6 Å². The van der Waals surface area contributed by atoms with Crippen molar-refractivity contribution >= 4 is 29.6 Å². The molecule has 3 aliphatic rings. The maximum absolute atomic E-state index is 13.3.